The van der Waals surface area contributed by atoms with Crippen molar-refractivity contribution in [3.63, 3.8) is 0 Å². The number of nitrogens with zero attached hydrogens (tertiary/aromatic N) is 3. The van der Waals surface area contributed by atoms with Crippen LogP contribution in [0.1, 0.15) is 31.2 Å². The second-order valence-electron chi connectivity index (χ2n) is 4.94. The Kier molecular flexibility index (Phi) is 4.19. The van der Waals surface area contributed by atoms with Crippen LogP contribution in [-0.4, -0.2) is 26.5 Å². The predicted molar refractivity (Wildman–Crippen MR) is 75.2 cm³/mol. The van der Waals surface area contributed by atoms with E-state index in [0.29, 0.717) is 11.1 Å². The van der Waals surface area contributed by atoms with Gasteiger partial charge in [0.15, 0.2) is 0 Å². The largest absolute Gasteiger partial charge is 0.390 e. The average Bonchev–Trinajstić information content (AvgIpc) is 2.99. The Morgan fingerprint density at radius 3 is 3.05 bits per heavy atom. The fraction of sp³-hybridized carbons (Fsp3) is 0.429. The molecule has 1 fully saturated rings. The summed E-state index contributed by atoms with van der Waals surface area (Å²) in [6.45, 7) is 0.239. The molecule has 5 nitrogen and oxygen atoms in total. The molecule has 112 valence electrons. The Morgan fingerprint density at radius 2 is 2.33 bits per heavy atom. The lowest BCUT2D eigenvalue weighted by Gasteiger charge is -2.22. The lowest BCUT2D eigenvalue weighted by atomic mass is 10.1. The summed E-state index contributed by atoms with van der Waals surface area (Å²) in [5.74, 6) is -0.585. The fourth-order valence-corrected chi connectivity index (χ4v) is 2.65. The molecule has 1 saturated heterocycles. The predicted octanol–water partition coefficient (Wildman–Crippen LogP) is 2.93. The number of aliphatic hydroxyl groups is 1. The van der Waals surface area contributed by atoms with Gasteiger partial charge in [-0.3, -0.25) is 0 Å². The van der Waals surface area contributed by atoms with Gasteiger partial charge in [-0.25, -0.2) is 14.1 Å². The Hall–Kier alpha value is -1.50. The third-order valence-electron chi connectivity index (χ3n) is 3.52. The van der Waals surface area contributed by atoms with Gasteiger partial charge >= 0.3 is 0 Å². The van der Waals surface area contributed by atoms with Crippen molar-refractivity contribution in [2.75, 3.05) is 6.61 Å². The van der Waals surface area contributed by atoms with Gasteiger partial charge in [0.25, 0.3) is 0 Å². The quantitative estimate of drug-likeness (QED) is 0.885. The molecule has 7 heteroatoms. The average molecular weight is 312 g/mol. The lowest BCUT2D eigenvalue weighted by molar-refractivity contribution is -0.0394. The summed E-state index contributed by atoms with van der Waals surface area (Å²) in [6, 6.07) is 1.27. The summed E-state index contributed by atoms with van der Waals surface area (Å²) in [4.78, 5) is 3.86. The molecule has 3 heterocycles. The van der Waals surface area contributed by atoms with Crippen molar-refractivity contribution < 1.29 is 14.2 Å². The molecule has 2 aromatic heterocycles. The van der Waals surface area contributed by atoms with Gasteiger partial charge in [-0.1, -0.05) is 11.6 Å². The van der Waals surface area contributed by atoms with E-state index in [0.717, 1.165) is 25.9 Å². The normalized spacial score (nSPS) is 18.9. The summed E-state index contributed by atoms with van der Waals surface area (Å²) in [6.07, 6.45) is 6.37. The Labute approximate surface area is 126 Å². The maximum absolute atomic E-state index is 13.7. The fourth-order valence-electron chi connectivity index (χ4n) is 2.38. The van der Waals surface area contributed by atoms with Gasteiger partial charge in [-0.05, 0) is 25.3 Å². The molecule has 0 spiro atoms. The Morgan fingerprint density at radius 1 is 1.48 bits per heavy atom. The van der Waals surface area contributed by atoms with Crippen molar-refractivity contribution in [2.45, 2.75) is 32.1 Å². The van der Waals surface area contributed by atoms with E-state index in [1.807, 2.05) is 0 Å². The van der Waals surface area contributed by atoms with Gasteiger partial charge in [0.2, 0.25) is 0 Å². The van der Waals surface area contributed by atoms with Crippen molar-refractivity contribution in [1.82, 2.24) is 14.8 Å². The van der Waals surface area contributed by atoms with Crippen LogP contribution in [0.4, 0.5) is 4.39 Å². The number of hydrogen-bond donors (Lipinski definition) is 1. The number of halogens is 2. The minimum Gasteiger partial charge on any atom is -0.390 e. The molecular weight excluding hydrogens is 297 g/mol. The Balaban J connectivity index is 1.90. The second kappa shape index (κ2) is 6.09. The highest BCUT2D eigenvalue weighted by Gasteiger charge is 2.18. The first-order valence-electron chi connectivity index (χ1n) is 6.81. The van der Waals surface area contributed by atoms with Crippen LogP contribution < -0.4 is 0 Å². The smallest absolute Gasteiger partial charge is 0.150 e. The highest BCUT2D eigenvalue weighted by atomic mass is 35.5. The van der Waals surface area contributed by atoms with Crippen LogP contribution in [0, 0.1) is 5.82 Å². The van der Waals surface area contributed by atoms with E-state index in [2.05, 4.69) is 10.1 Å². The first-order chi connectivity index (χ1) is 10.2. The van der Waals surface area contributed by atoms with E-state index in [4.69, 9.17) is 21.4 Å². The zero-order valence-corrected chi connectivity index (χ0v) is 12.1. The molecular formula is C14H15ClFN3O2. The summed E-state index contributed by atoms with van der Waals surface area (Å²) < 4.78 is 21.1. The summed E-state index contributed by atoms with van der Waals surface area (Å²) in [5, 5.41) is 13.4. The number of aromatic nitrogens is 3. The number of hydrogen-bond acceptors (Lipinski definition) is 4. The molecule has 0 aromatic carbocycles. The van der Waals surface area contributed by atoms with Crippen molar-refractivity contribution in [2.24, 2.45) is 0 Å². The molecule has 1 unspecified atom stereocenters. The molecule has 1 aliphatic heterocycles. The number of pyridine rings is 1. The maximum atomic E-state index is 13.7. The first kappa shape index (κ1) is 14.4. The van der Waals surface area contributed by atoms with Gasteiger partial charge in [0.1, 0.15) is 22.9 Å². The van der Waals surface area contributed by atoms with Gasteiger partial charge in [-0.15, -0.1) is 0 Å². The molecule has 1 aliphatic rings. The van der Waals surface area contributed by atoms with Crippen molar-refractivity contribution >= 4 is 11.6 Å². The highest BCUT2D eigenvalue weighted by molar-refractivity contribution is 6.32. The van der Waals surface area contributed by atoms with E-state index in [-0.39, 0.29) is 17.1 Å². The van der Waals surface area contributed by atoms with Crippen LogP contribution in [0.5, 0.6) is 0 Å². The topological polar surface area (TPSA) is 60.2 Å². The zero-order chi connectivity index (χ0) is 14.8. The second-order valence-corrected chi connectivity index (χ2v) is 5.30. The van der Waals surface area contributed by atoms with Crippen LogP contribution in [-0.2, 0) is 11.3 Å². The van der Waals surface area contributed by atoms with Crippen LogP contribution >= 0.6 is 11.6 Å². The molecule has 0 bridgehead atoms. The van der Waals surface area contributed by atoms with E-state index >= 15 is 0 Å². The maximum Gasteiger partial charge on any atom is 0.150 e. The standard InChI is InChI=1S/C14H15ClFN3O2/c15-14-10(5-11(16)12(8-20)18-14)9-6-17-19(7-9)13-3-1-2-4-21-13/h5-7,13,20H,1-4,8H2. The van der Waals surface area contributed by atoms with Gasteiger partial charge in [0.05, 0.1) is 12.8 Å². The van der Waals surface area contributed by atoms with Crippen molar-refractivity contribution in [1.29, 1.82) is 0 Å². The third-order valence-corrected chi connectivity index (χ3v) is 3.80. The molecule has 0 amide bonds. The number of rotatable bonds is 3. The molecule has 0 saturated carbocycles. The first-order valence-corrected chi connectivity index (χ1v) is 7.18. The summed E-state index contributed by atoms with van der Waals surface area (Å²) >= 11 is 6.05. The molecule has 21 heavy (non-hydrogen) atoms. The van der Waals surface area contributed by atoms with Crippen molar-refractivity contribution in [3.8, 4) is 11.1 Å². The van der Waals surface area contributed by atoms with Crippen LogP contribution in [0.25, 0.3) is 11.1 Å². The molecule has 1 atom stereocenters. The third kappa shape index (κ3) is 2.92. The summed E-state index contributed by atoms with van der Waals surface area (Å²) in [7, 11) is 0. The molecule has 0 radical (unpaired) electrons. The van der Waals surface area contributed by atoms with E-state index in [1.54, 1.807) is 17.1 Å². The summed E-state index contributed by atoms with van der Waals surface area (Å²) in [5.41, 5.74) is 1.06. The lowest BCUT2D eigenvalue weighted by Crippen LogP contribution is -2.18. The Bertz CT molecular complexity index is 641. The van der Waals surface area contributed by atoms with Crippen LogP contribution in [0.3, 0.4) is 0 Å². The molecule has 3 rings (SSSR count). The minimum atomic E-state index is -0.585. The van der Waals surface area contributed by atoms with Crippen molar-refractivity contribution in [3.05, 3.63) is 35.1 Å². The van der Waals surface area contributed by atoms with E-state index < -0.39 is 12.4 Å². The van der Waals surface area contributed by atoms with E-state index in [1.165, 1.54) is 6.07 Å². The zero-order valence-electron chi connectivity index (χ0n) is 11.3. The highest BCUT2D eigenvalue weighted by Crippen LogP contribution is 2.30. The van der Waals surface area contributed by atoms with E-state index in [9.17, 15) is 4.39 Å². The van der Waals surface area contributed by atoms with Gasteiger partial charge < -0.3 is 9.84 Å². The monoisotopic (exact) mass is 311 g/mol. The SMILES string of the molecule is OCc1nc(Cl)c(-c2cnn(C3CCCCO3)c2)cc1F. The molecule has 0 aliphatic carbocycles. The van der Waals surface area contributed by atoms with Crippen LogP contribution in [0.2, 0.25) is 5.15 Å². The molecule has 1 N–H and O–H groups in total. The van der Waals surface area contributed by atoms with Crippen LogP contribution in [0.15, 0.2) is 18.5 Å². The van der Waals surface area contributed by atoms with Gasteiger partial charge in [0, 0.05) is 23.9 Å². The minimum absolute atomic E-state index is 0.0632. The number of ether oxygens (including phenoxy) is 1. The number of aliphatic hydroxyl groups excluding tert-OH is 1. The van der Waals surface area contributed by atoms with Gasteiger partial charge in [-0.2, -0.15) is 5.10 Å². The molecule has 2 aromatic rings.